The van der Waals surface area contributed by atoms with E-state index in [2.05, 4.69) is 249 Å². The molecule has 0 aliphatic rings. The zero-order chi connectivity index (χ0) is 43.0. The van der Waals surface area contributed by atoms with Gasteiger partial charge < -0.3 is 18.6 Å². The molecule has 0 aliphatic heterocycles. The van der Waals surface area contributed by atoms with E-state index < -0.39 is 0 Å². The summed E-state index contributed by atoms with van der Waals surface area (Å²) in [5, 5.41) is 15.1. The van der Waals surface area contributed by atoms with E-state index in [1.54, 1.807) is 0 Å². The molecule has 0 bridgehead atoms. The van der Waals surface area contributed by atoms with Crippen molar-refractivity contribution in [1.29, 1.82) is 0 Å². The van der Waals surface area contributed by atoms with Crippen molar-refractivity contribution in [3.05, 3.63) is 231 Å². The minimum Gasteiger partial charge on any atom is -0.308 e. The molecule has 0 saturated heterocycles. The van der Waals surface area contributed by atoms with Gasteiger partial charge in [-0.05, 0) is 95.0 Å². The third-order valence-electron chi connectivity index (χ3n) is 14.2. The molecule has 0 unspecified atom stereocenters. The highest BCUT2D eigenvalue weighted by molar-refractivity contribution is 6.40. The Morgan fingerprint density at radius 2 is 0.682 bits per heavy atom. The molecule has 4 aromatic heterocycles. The molecule has 0 atom stereocenters. The maximum Gasteiger partial charge on any atom is 0.0789 e. The molecule has 4 heterocycles. The van der Waals surface area contributed by atoms with Crippen molar-refractivity contribution >= 4 is 132 Å². The van der Waals surface area contributed by atoms with Gasteiger partial charge in [0.25, 0.3) is 0 Å². The molecule has 11 aromatic carbocycles. The smallest absolute Gasteiger partial charge is 0.0789 e. The van der Waals surface area contributed by atoms with E-state index in [-0.39, 0.29) is 0 Å². The van der Waals surface area contributed by atoms with Crippen LogP contribution in [0.15, 0.2) is 231 Å². The van der Waals surface area contributed by atoms with Crippen LogP contribution in [0, 0.1) is 0 Å². The van der Waals surface area contributed by atoms with Gasteiger partial charge >= 0.3 is 0 Å². The van der Waals surface area contributed by atoms with Crippen LogP contribution in [0.2, 0.25) is 0 Å². The van der Waals surface area contributed by atoms with Crippen molar-refractivity contribution in [3.8, 4) is 0 Å². The molecule has 0 radical (unpaired) electrons. The summed E-state index contributed by atoms with van der Waals surface area (Å²) in [7, 11) is 0. The van der Waals surface area contributed by atoms with Gasteiger partial charge in [-0.2, -0.15) is 0 Å². The topological polar surface area (TPSA) is 15.3 Å². The lowest BCUT2D eigenvalue weighted by atomic mass is 9.96. The predicted octanol–water partition coefficient (Wildman–Crippen LogP) is 17.2. The van der Waals surface area contributed by atoms with E-state index in [4.69, 9.17) is 0 Å². The van der Waals surface area contributed by atoms with Gasteiger partial charge in [-0.25, -0.2) is 0 Å². The molecule has 15 rings (SSSR count). The Kier molecular flexibility index (Phi) is 7.19. The first kappa shape index (κ1) is 35.6. The van der Waals surface area contributed by atoms with Crippen LogP contribution in [0.3, 0.4) is 0 Å². The maximum absolute atomic E-state index is 2.62. The lowest BCUT2D eigenvalue weighted by molar-refractivity contribution is 1.27. The average molecular weight is 839 g/mol. The van der Waals surface area contributed by atoms with Crippen molar-refractivity contribution < 1.29 is 0 Å². The minimum absolute atomic E-state index is 1.12. The predicted molar refractivity (Wildman–Crippen MR) is 280 cm³/mol. The van der Waals surface area contributed by atoms with Gasteiger partial charge in [0.05, 0.1) is 44.5 Å². The zero-order valence-electron chi connectivity index (χ0n) is 35.7. The van der Waals surface area contributed by atoms with E-state index in [1.165, 1.54) is 103 Å². The third kappa shape index (κ3) is 4.66. The number of fused-ring (bicyclic) bond motifs is 16. The van der Waals surface area contributed by atoms with Crippen molar-refractivity contribution in [2.45, 2.75) is 0 Å². The van der Waals surface area contributed by atoms with E-state index in [0.717, 1.165) is 28.4 Å². The van der Waals surface area contributed by atoms with Crippen molar-refractivity contribution in [2.75, 3.05) is 9.80 Å². The fraction of sp³-hybridized carbons (Fsp3) is 0. The van der Waals surface area contributed by atoms with Crippen LogP contribution in [-0.2, 0) is 0 Å². The minimum atomic E-state index is 1.12. The standard InChI is InChI=1S/C62H38N4/c1-5-21-41(22-6-1)63(42-23-7-2-8-24-42)54-34-18-32-48-47-31-17-33-49-56-52(65(58(47)49)59(48)54)35-36-53-57(56)51-37-39-19-13-15-29-45(39)55-50-38-40-20-14-16-30-46(40)61(62(50)66(53)60(51)55)64(43-25-9-3-10-26-43)44-27-11-4-12-28-44/h1-38H. The number of hydrogen-bond acceptors (Lipinski definition) is 2. The van der Waals surface area contributed by atoms with E-state index in [9.17, 15) is 0 Å². The summed E-state index contributed by atoms with van der Waals surface area (Å²) in [4.78, 5) is 4.89. The highest BCUT2D eigenvalue weighted by atomic mass is 15.2. The first-order valence-corrected chi connectivity index (χ1v) is 22.8. The van der Waals surface area contributed by atoms with Crippen molar-refractivity contribution in [3.63, 3.8) is 0 Å². The second-order valence-electron chi connectivity index (χ2n) is 17.6. The van der Waals surface area contributed by atoms with Crippen LogP contribution in [-0.4, -0.2) is 8.80 Å². The van der Waals surface area contributed by atoms with Crippen LogP contribution >= 0.6 is 0 Å². The van der Waals surface area contributed by atoms with Crippen LogP contribution in [0.1, 0.15) is 0 Å². The van der Waals surface area contributed by atoms with Crippen LogP contribution in [0.25, 0.3) is 97.7 Å². The quantitative estimate of drug-likeness (QED) is 0.166. The Hall–Kier alpha value is -8.86. The third-order valence-corrected chi connectivity index (χ3v) is 14.2. The second kappa shape index (κ2) is 13.3. The average Bonchev–Trinajstić information content (AvgIpc) is 4.11. The summed E-state index contributed by atoms with van der Waals surface area (Å²) in [6.07, 6.45) is 0. The first-order valence-electron chi connectivity index (χ1n) is 22.8. The Labute approximate surface area is 379 Å². The Morgan fingerprint density at radius 1 is 0.258 bits per heavy atom. The highest BCUT2D eigenvalue weighted by Gasteiger charge is 2.30. The number of anilines is 6. The summed E-state index contributed by atoms with van der Waals surface area (Å²) >= 11 is 0. The van der Waals surface area contributed by atoms with Gasteiger partial charge in [0.1, 0.15) is 0 Å². The molecule has 4 heteroatoms. The second-order valence-corrected chi connectivity index (χ2v) is 17.6. The molecular weight excluding hydrogens is 801 g/mol. The summed E-state index contributed by atoms with van der Waals surface area (Å²) in [6.45, 7) is 0. The van der Waals surface area contributed by atoms with Crippen molar-refractivity contribution in [1.82, 2.24) is 8.80 Å². The molecule has 0 N–H and O–H groups in total. The normalized spacial score (nSPS) is 12.2. The molecular formula is C62H38N4. The molecule has 15 aromatic rings. The summed E-state index contributed by atoms with van der Waals surface area (Å²) in [6, 6.07) is 84.7. The molecule has 0 fully saturated rings. The molecule has 0 spiro atoms. The Morgan fingerprint density at radius 3 is 1.29 bits per heavy atom. The van der Waals surface area contributed by atoms with E-state index in [0.29, 0.717) is 0 Å². The lowest BCUT2D eigenvalue weighted by Gasteiger charge is -2.28. The van der Waals surface area contributed by atoms with Gasteiger partial charge in [0, 0.05) is 71.2 Å². The van der Waals surface area contributed by atoms with Gasteiger partial charge in [-0.1, -0.05) is 152 Å². The van der Waals surface area contributed by atoms with Gasteiger partial charge in [-0.15, -0.1) is 0 Å². The summed E-state index contributed by atoms with van der Waals surface area (Å²) in [5.41, 5.74) is 14.1. The summed E-state index contributed by atoms with van der Waals surface area (Å²) < 4.78 is 5.19. The molecule has 0 amide bonds. The van der Waals surface area contributed by atoms with Crippen LogP contribution in [0.5, 0.6) is 0 Å². The number of aromatic nitrogens is 2. The first-order chi connectivity index (χ1) is 32.8. The van der Waals surface area contributed by atoms with Gasteiger partial charge in [-0.3, -0.25) is 0 Å². The zero-order valence-corrected chi connectivity index (χ0v) is 35.7. The molecule has 0 aliphatic carbocycles. The molecule has 4 nitrogen and oxygen atoms in total. The Balaban J connectivity index is 1.15. The number of hydrogen-bond donors (Lipinski definition) is 0. The van der Waals surface area contributed by atoms with Crippen molar-refractivity contribution in [2.24, 2.45) is 0 Å². The van der Waals surface area contributed by atoms with Crippen LogP contribution < -0.4 is 9.80 Å². The number of nitrogens with zero attached hydrogens (tertiary/aromatic N) is 4. The molecule has 0 saturated carbocycles. The van der Waals surface area contributed by atoms with E-state index in [1.807, 2.05) is 0 Å². The fourth-order valence-electron chi connectivity index (χ4n) is 11.7. The summed E-state index contributed by atoms with van der Waals surface area (Å²) in [5.74, 6) is 0. The van der Waals surface area contributed by atoms with Gasteiger partial charge in [0.15, 0.2) is 0 Å². The largest absolute Gasteiger partial charge is 0.308 e. The lowest BCUT2D eigenvalue weighted by Crippen LogP contribution is -2.11. The SMILES string of the molecule is c1ccc(N(c2ccccc2)c2cccc3c4cccc5c6c7c8cc9ccccc9c9c%10cc%11ccccc%11c(N(c%11ccccc%11)c%11ccccc%11)c%10n(c7ccc6n(c23)c45)c89)cc1. The Bertz CT molecular complexity index is 4300. The van der Waals surface area contributed by atoms with Gasteiger partial charge in [0.2, 0.25) is 0 Å². The van der Waals surface area contributed by atoms with Crippen LogP contribution in [0.4, 0.5) is 34.1 Å². The number of benzene rings is 11. The fourth-order valence-corrected chi connectivity index (χ4v) is 11.7. The molecule has 66 heavy (non-hydrogen) atoms. The van der Waals surface area contributed by atoms with E-state index >= 15 is 0 Å². The molecule has 306 valence electrons. The number of para-hydroxylation sites is 6. The maximum atomic E-state index is 2.62. The number of rotatable bonds is 6. The highest BCUT2D eigenvalue weighted by Crippen LogP contribution is 2.53. The monoisotopic (exact) mass is 838 g/mol.